The summed E-state index contributed by atoms with van der Waals surface area (Å²) >= 11 is 0. The maximum absolute atomic E-state index is 5.40. The molecule has 0 spiro atoms. The van der Waals surface area contributed by atoms with E-state index in [0.717, 1.165) is 41.4 Å². The monoisotopic (exact) mass is 261 g/mol. The van der Waals surface area contributed by atoms with Crippen LogP contribution in [0, 0.1) is 0 Å². The smallest absolute Gasteiger partial charge is 0.128 e. The third-order valence-electron chi connectivity index (χ3n) is 2.96. The Morgan fingerprint density at radius 1 is 1.26 bits per heavy atom. The second-order valence-corrected chi connectivity index (χ2v) is 4.12. The Hall–Kier alpha value is -2.01. The molecule has 19 heavy (non-hydrogen) atoms. The molecule has 0 saturated heterocycles. The number of hydrogen-bond donors (Lipinski definition) is 2. The molecule has 5 heteroatoms. The summed E-state index contributed by atoms with van der Waals surface area (Å²) in [5, 5.41) is 10.4. The first-order valence-corrected chi connectivity index (χ1v) is 6.25. The van der Waals surface area contributed by atoms with E-state index in [-0.39, 0.29) is 0 Å². The standard InChI is InChI=1S/C14H19N3O2/c1-4-15-8-10-9-16-17-14(10)12-7-11(18-2)5-6-13(12)19-3/h5-7,9,15H,4,8H2,1-3H3,(H,16,17). The van der Waals surface area contributed by atoms with Crippen molar-refractivity contribution >= 4 is 0 Å². The zero-order valence-electron chi connectivity index (χ0n) is 11.5. The molecule has 2 aromatic rings. The second kappa shape index (κ2) is 6.24. The second-order valence-electron chi connectivity index (χ2n) is 4.12. The molecule has 0 atom stereocenters. The summed E-state index contributed by atoms with van der Waals surface area (Å²) in [7, 11) is 3.31. The van der Waals surface area contributed by atoms with Crippen LogP contribution in [0.2, 0.25) is 0 Å². The van der Waals surface area contributed by atoms with Crippen molar-refractivity contribution in [3.63, 3.8) is 0 Å². The molecule has 1 aromatic heterocycles. The van der Waals surface area contributed by atoms with Gasteiger partial charge in [0, 0.05) is 17.7 Å². The first-order valence-electron chi connectivity index (χ1n) is 6.25. The lowest BCUT2D eigenvalue weighted by atomic mass is 10.1. The number of nitrogens with one attached hydrogen (secondary N) is 2. The van der Waals surface area contributed by atoms with Crippen molar-refractivity contribution in [2.45, 2.75) is 13.5 Å². The highest BCUT2D eigenvalue weighted by molar-refractivity contribution is 5.71. The van der Waals surface area contributed by atoms with Gasteiger partial charge >= 0.3 is 0 Å². The Kier molecular flexibility index (Phi) is 4.41. The number of H-pyrrole nitrogens is 1. The molecule has 0 aliphatic carbocycles. The molecule has 0 fully saturated rings. The van der Waals surface area contributed by atoms with Crippen LogP contribution in [0.5, 0.6) is 11.5 Å². The van der Waals surface area contributed by atoms with Crippen LogP contribution in [0.3, 0.4) is 0 Å². The van der Waals surface area contributed by atoms with Gasteiger partial charge in [0.25, 0.3) is 0 Å². The molecular weight excluding hydrogens is 242 g/mol. The lowest BCUT2D eigenvalue weighted by Crippen LogP contribution is -2.11. The molecule has 0 bridgehead atoms. The predicted molar refractivity (Wildman–Crippen MR) is 74.5 cm³/mol. The topological polar surface area (TPSA) is 59.2 Å². The molecule has 2 N–H and O–H groups in total. The minimum absolute atomic E-state index is 0.767. The van der Waals surface area contributed by atoms with E-state index >= 15 is 0 Å². The van der Waals surface area contributed by atoms with E-state index < -0.39 is 0 Å². The number of aromatic amines is 1. The fraction of sp³-hybridized carbons (Fsp3) is 0.357. The molecular formula is C14H19N3O2. The van der Waals surface area contributed by atoms with Crippen molar-refractivity contribution in [3.8, 4) is 22.8 Å². The van der Waals surface area contributed by atoms with E-state index in [1.54, 1.807) is 14.2 Å². The van der Waals surface area contributed by atoms with Crippen molar-refractivity contribution in [2.75, 3.05) is 20.8 Å². The van der Waals surface area contributed by atoms with Gasteiger partial charge in [0.2, 0.25) is 0 Å². The molecule has 0 saturated carbocycles. The summed E-state index contributed by atoms with van der Waals surface area (Å²) in [5.41, 5.74) is 3.01. The molecule has 1 aromatic carbocycles. The van der Waals surface area contributed by atoms with Crippen LogP contribution in [0.15, 0.2) is 24.4 Å². The van der Waals surface area contributed by atoms with Crippen LogP contribution in [-0.2, 0) is 6.54 Å². The molecule has 1 heterocycles. The normalized spacial score (nSPS) is 10.5. The molecule has 102 valence electrons. The Bertz CT molecular complexity index is 537. The molecule has 5 nitrogen and oxygen atoms in total. The van der Waals surface area contributed by atoms with E-state index in [4.69, 9.17) is 9.47 Å². The Balaban J connectivity index is 2.42. The summed E-state index contributed by atoms with van der Waals surface area (Å²) in [6.07, 6.45) is 1.83. The Morgan fingerprint density at radius 3 is 2.79 bits per heavy atom. The number of aromatic nitrogens is 2. The van der Waals surface area contributed by atoms with Crippen molar-refractivity contribution in [3.05, 3.63) is 30.0 Å². The summed E-state index contributed by atoms with van der Waals surface area (Å²) in [6.45, 7) is 3.76. The zero-order valence-corrected chi connectivity index (χ0v) is 11.5. The largest absolute Gasteiger partial charge is 0.497 e. The summed E-state index contributed by atoms with van der Waals surface area (Å²) in [5.74, 6) is 1.59. The maximum Gasteiger partial charge on any atom is 0.128 e. The molecule has 0 aliphatic heterocycles. The van der Waals surface area contributed by atoms with Gasteiger partial charge in [-0.2, -0.15) is 5.10 Å². The maximum atomic E-state index is 5.40. The van der Waals surface area contributed by atoms with E-state index in [1.807, 2.05) is 24.4 Å². The molecule has 0 unspecified atom stereocenters. The highest BCUT2D eigenvalue weighted by Crippen LogP contribution is 2.33. The van der Waals surface area contributed by atoms with Crippen LogP contribution >= 0.6 is 0 Å². The fourth-order valence-corrected chi connectivity index (χ4v) is 1.95. The quantitative estimate of drug-likeness (QED) is 0.837. The van der Waals surface area contributed by atoms with Crippen LogP contribution in [-0.4, -0.2) is 31.0 Å². The molecule has 0 aliphatic rings. The fourth-order valence-electron chi connectivity index (χ4n) is 1.95. The Labute approximate surface area is 112 Å². The molecule has 0 amide bonds. The number of methoxy groups -OCH3 is 2. The minimum atomic E-state index is 0.767. The number of nitrogens with zero attached hydrogens (tertiary/aromatic N) is 1. The van der Waals surface area contributed by atoms with Crippen LogP contribution in [0.25, 0.3) is 11.3 Å². The van der Waals surface area contributed by atoms with Crippen LogP contribution in [0.1, 0.15) is 12.5 Å². The summed E-state index contributed by atoms with van der Waals surface area (Å²) in [6, 6.07) is 5.72. The van der Waals surface area contributed by atoms with Gasteiger partial charge in [0.05, 0.1) is 26.1 Å². The number of benzene rings is 1. The number of hydrogen-bond acceptors (Lipinski definition) is 4. The summed E-state index contributed by atoms with van der Waals surface area (Å²) < 4.78 is 10.7. The number of rotatable bonds is 6. The van der Waals surface area contributed by atoms with Gasteiger partial charge in [-0.05, 0) is 24.7 Å². The van der Waals surface area contributed by atoms with Gasteiger partial charge in [0.15, 0.2) is 0 Å². The highest BCUT2D eigenvalue weighted by Gasteiger charge is 2.13. The van der Waals surface area contributed by atoms with Crippen molar-refractivity contribution in [2.24, 2.45) is 0 Å². The highest BCUT2D eigenvalue weighted by atomic mass is 16.5. The van der Waals surface area contributed by atoms with Crippen LogP contribution in [0.4, 0.5) is 0 Å². The van der Waals surface area contributed by atoms with Crippen molar-refractivity contribution in [1.29, 1.82) is 0 Å². The average Bonchev–Trinajstić information content (AvgIpc) is 2.92. The lowest BCUT2D eigenvalue weighted by Gasteiger charge is -2.11. The summed E-state index contributed by atoms with van der Waals surface area (Å²) in [4.78, 5) is 0. The lowest BCUT2D eigenvalue weighted by molar-refractivity contribution is 0.404. The van der Waals surface area contributed by atoms with E-state index in [2.05, 4.69) is 22.4 Å². The zero-order chi connectivity index (χ0) is 13.7. The van der Waals surface area contributed by atoms with Gasteiger partial charge in [0.1, 0.15) is 11.5 Å². The van der Waals surface area contributed by atoms with Crippen molar-refractivity contribution in [1.82, 2.24) is 15.5 Å². The molecule has 0 radical (unpaired) electrons. The van der Waals surface area contributed by atoms with Gasteiger partial charge < -0.3 is 14.8 Å². The third-order valence-corrected chi connectivity index (χ3v) is 2.96. The van der Waals surface area contributed by atoms with Gasteiger partial charge in [-0.25, -0.2) is 0 Å². The van der Waals surface area contributed by atoms with E-state index in [0.29, 0.717) is 0 Å². The van der Waals surface area contributed by atoms with E-state index in [9.17, 15) is 0 Å². The predicted octanol–water partition coefficient (Wildman–Crippen LogP) is 2.20. The van der Waals surface area contributed by atoms with Crippen molar-refractivity contribution < 1.29 is 9.47 Å². The van der Waals surface area contributed by atoms with E-state index in [1.165, 1.54) is 0 Å². The first-order chi connectivity index (χ1) is 9.30. The van der Waals surface area contributed by atoms with Gasteiger partial charge in [-0.15, -0.1) is 0 Å². The first kappa shape index (κ1) is 13.4. The van der Waals surface area contributed by atoms with Gasteiger partial charge in [-0.1, -0.05) is 6.92 Å². The molecule has 2 rings (SSSR count). The SMILES string of the molecule is CCNCc1cn[nH]c1-c1cc(OC)ccc1OC. The average molecular weight is 261 g/mol. The Morgan fingerprint density at radius 2 is 2.11 bits per heavy atom. The van der Waals surface area contributed by atoms with Crippen LogP contribution < -0.4 is 14.8 Å². The third kappa shape index (κ3) is 2.88. The number of ether oxygens (including phenoxy) is 2. The van der Waals surface area contributed by atoms with Gasteiger partial charge in [-0.3, -0.25) is 5.10 Å². The minimum Gasteiger partial charge on any atom is -0.497 e.